The van der Waals surface area contributed by atoms with Crippen molar-refractivity contribution in [3.05, 3.63) is 52.4 Å². The molecule has 96 valence electrons. The molecule has 0 spiro atoms. The molecule has 0 radical (unpaired) electrons. The first kappa shape index (κ1) is 13.5. The van der Waals surface area contributed by atoms with Gasteiger partial charge in [-0.3, -0.25) is 0 Å². The lowest BCUT2D eigenvalue weighted by molar-refractivity contribution is 0.315. The van der Waals surface area contributed by atoms with E-state index in [9.17, 15) is 0 Å². The van der Waals surface area contributed by atoms with Crippen molar-refractivity contribution >= 4 is 27.5 Å². The van der Waals surface area contributed by atoms with Crippen LogP contribution in [-0.4, -0.2) is 6.61 Å². The Morgan fingerprint density at radius 2 is 2.22 bits per heavy atom. The number of furan rings is 1. The van der Waals surface area contributed by atoms with Crippen LogP contribution in [0.2, 0.25) is 0 Å². The zero-order valence-electron chi connectivity index (χ0n) is 10.0. The first-order chi connectivity index (χ1) is 8.72. The van der Waals surface area contributed by atoms with Gasteiger partial charge < -0.3 is 9.15 Å². The summed E-state index contributed by atoms with van der Waals surface area (Å²) in [7, 11) is 0. The van der Waals surface area contributed by atoms with Crippen molar-refractivity contribution in [2.45, 2.75) is 18.7 Å². The van der Waals surface area contributed by atoms with Gasteiger partial charge in [-0.15, -0.1) is 11.6 Å². The highest BCUT2D eigenvalue weighted by Crippen LogP contribution is 2.34. The molecule has 18 heavy (non-hydrogen) atoms. The Bertz CT molecular complexity index is 497. The minimum atomic E-state index is -0.281. The quantitative estimate of drug-likeness (QED) is 0.707. The van der Waals surface area contributed by atoms with E-state index in [1.165, 1.54) is 0 Å². The van der Waals surface area contributed by atoms with Crippen LogP contribution in [0.4, 0.5) is 0 Å². The van der Waals surface area contributed by atoms with Crippen molar-refractivity contribution in [1.29, 1.82) is 0 Å². The highest BCUT2D eigenvalue weighted by molar-refractivity contribution is 9.10. The molecule has 4 heteroatoms. The van der Waals surface area contributed by atoms with Crippen LogP contribution in [0, 0.1) is 0 Å². The molecule has 0 amide bonds. The fourth-order valence-corrected chi connectivity index (χ4v) is 2.37. The predicted molar refractivity (Wildman–Crippen MR) is 76.3 cm³/mol. The molecule has 0 aliphatic heterocycles. The molecular formula is C14H14BrClO2. The largest absolute Gasteiger partial charge is 0.492 e. The molecule has 0 saturated carbocycles. The fourth-order valence-electron chi connectivity index (χ4n) is 1.60. The van der Waals surface area contributed by atoms with Gasteiger partial charge in [-0.05, 0) is 52.2 Å². The maximum Gasteiger partial charge on any atom is 0.133 e. The predicted octanol–water partition coefficient (Wildman–Crippen LogP) is 5.16. The third kappa shape index (κ3) is 3.09. The molecule has 0 saturated heterocycles. The molecule has 2 aromatic rings. The Kier molecular flexibility index (Phi) is 4.72. The van der Waals surface area contributed by atoms with Crippen molar-refractivity contribution in [2.75, 3.05) is 6.61 Å². The Hall–Kier alpha value is -0.930. The van der Waals surface area contributed by atoms with Crippen molar-refractivity contribution < 1.29 is 9.15 Å². The summed E-state index contributed by atoms with van der Waals surface area (Å²) in [5.74, 6) is 1.58. The van der Waals surface area contributed by atoms with E-state index in [2.05, 4.69) is 22.9 Å². The standard InChI is InChI=1S/C14H14BrClO2/c1-2-7-17-12-6-5-10(9-11(12)15)14(16)13-4-3-8-18-13/h3-6,8-9,14H,2,7H2,1H3. The molecule has 2 nitrogen and oxygen atoms in total. The lowest BCUT2D eigenvalue weighted by atomic mass is 10.1. The van der Waals surface area contributed by atoms with Gasteiger partial charge in [-0.25, -0.2) is 0 Å². The van der Waals surface area contributed by atoms with Gasteiger partial charge in [-0.2, -0.15) is 0 Å². The van der Waals surface area contributed by atoms with Gasteiger partial charge in [0.2, 0.25) is 0 Å². The van der Waals surface area contributed by atoms with Crippen LogP contribution in [-0.2, 0) is 0 Å². The van der Waals surface area contributed by atoms with Gasteiger partial charge in [0.1, 0.15) is 16.9 Å². The Labute approximate surface area is 120 Å². The molecule has 1 unspecified atom stereocenters. The van der Waals surface area contributed by atoms with E-state index in [0.717, 1.165) is 28.0 Å². The second-order valence-corrected chi connectivity index (χ2v) is 5.21. The number of halogens is 2. The molecule has 0 fully saturated rings. The fraction of sp³-hybridized carbons (Fsp3) is 0.286. The zero-order chi connectivity index (χ0) is 13.0. The molecule has 0 N–H and O–H groups in total. The normalized spacial score (nSPS) is 12.4. The first-order valence-corrected chi connectivity index (χ1v) is 7.05. The van der Waals surface area contributed by atoms with Crippen LogP contribution in [0.3, 0.4) is 0 Å². The summed E-state index contributed by atoms with van der Waals surface area (Å²) >= 11 is 9.84. The highest BCUT2D eigenvalue weighted by Gasteiger charge is 2.15. The first-order valence-electron chi connectivity index (χ1n) is 5.82. The van der Waals surface area contributed by atoms with Crippen LogP contribution < -0.4 is 4.74 Å². The monoisotopic (exact) mass is 328 g/mol. The average molecular weight is 330 g/mol. The van der Waals surface area contributed by atoms with Gasteiger partial charge in [0.15, 0.2) is 0 Å². The minimum absolute atomic E-state index is 0.281. The maximum atomic E-state index is 6.35. The number of hydrogen-bond acceptors (Lipinski definition) is 2. The maximum absolute atomic E-state index is 6.35. The van der Waals surface area contributed by atoms with Gasteiger partial charge in [0.25, 0.3) is 0 Å². The summed E-state index contributed by atoms with van der Waals surface area (Å²) in [5, 5.41) is -0.281. The topological polar surface area (TPSA) is 22.4 Å². The third-order valence-electron chi connectivity index (χ3n) is 2.50. The van der Waals surface area contributed by atoms with E-state index in [4.69, 9.17) is 20.8 Å². The summed E-state index contributed by atoms with van der Waals surface area (Å²) in [6, 6.07) is 9.54. The summed E-state index contributed by atoms with van der Waals surface area (Å²) in [6.07, 6.45) is 2.61. The second kappa shape index (κ2) is 6.30. The van der Waals surface area contributed by atoms with E-state index < -0.39 is 0 Å². The van der Waals surface area contributed by atoms with Crippen LogP contribution in [0.1, 0.15) is 30.0 Å². The Balaban J connectivity index is 2.18. The SMILES string of the molecule is CCCOc1ccc(C(Cl)c2ccco2)cc1Br. The Morgan fingerprint density at radius 3 is 2.83 bits per heavy atom. The average Bonchev–Trinajstić information content (AvgIpc) is 2.90. The summed E-state index contributed by atoms with van der Waals surface area (Å²) in [5.41, 5.74) is 0.974. The lowest BCUT2D eigenvalue weighted by Gasteiger charge is -2.11. The van der Waals surface area contributed by atoms with Crippen molar-refractivity contribution in [3.63, 3.8) is 0 Å². The molecule has 0 aliphatic rings. The molecule has 2 rings (SSSR count). The van der Waals surface area contributed by atoms with E-state index >= 15 is 0 Å². The van der Waals surface area contributed by atoms with Crippen molar-refractivity contribution in [1.82, 2.24) is 0 Å². The number of alkyl halides is 1. The molecule has 0 bridgehead atoms. The van der Waals surface area contributed by atoms with Gasteiger partial charge in [0, 0.05) is 0 Å². The molecule has 1 atom stereocenters. The van der Waals surface area contributed by atoms with E-state index in [1.807, 2.05) is 30.3 Å². The van der Waals surface area contributed by atoms with Gasteiger partial charge >= 0.3 is 0 Å². The number of benzene rings is 1. The second-order valence-electron chi connectivity index (χ2n) is 3.92. The summed E-state index contributed by atoms with van der Waals surface area (Å²) in [4.78, 5) is 0. The number of ether oxygens (including phenoxy) is 1. The van der Waals surface area contributed by atoms with E-state index in [-0.39, 0.29) is 5.38 Å². The Morgan fingerprint density at radius 1 is 1.39 bits per heavy atom. The van der Waals surface area contributed by atoms with Crippen LogP contribution in [0.25, 0.3) is 0 Å². The van der Waals surface area contributed by atoms with Crippen LogP contribution >= 0.6 is 27.5 Å². The van der Waals surface area contributed by atoms with Gasteiger partial charge in [0.05, 0.1) is 17.3 Å². The summed E-state index contributed by atoms with van der Waals surface area (Å²) in [6.45, 7) is 2.79. The number of rotatable bonds is 5. The third-order valence-corrected chi connectivity index (χ3v) is 3.59. The van der Waals surface area contributed by atoms with Crippen LogP contribution in [0.5, 0.6) is 5.75 Å². The summed E-state index contributed by atoms with van der Waals surface area (Å²) < 4.78 is 11.8. The zero-order valence-corrected chi connectivity index (χ0v) is 12.4. The van der Waals surface area contributed by atoms with Crippen LogP contribution in [0.15, 0.2) is 45.5 Å². The van der Waals surface area contributed by atoms with E-state index in [0.29, 0.717) is 6.61 Å². The number of hydrogen-bond donors (Lipinski definition) is 0. The molecule has 1 heterocycles. The minimum Gasteiger partial charge on any atom is -0.492 e. The van der Waals surface area contributed by atoms with Gasteiger partial charge in [-0.1, -0.05) is 13.0 Å². The molecule has 1 aromatic carbocycles. The van der Waals surface area contributed by atoms with E-state index in [1.54, 1.807) is 6.26 Å². The smallest absolute Gasteiger partial charge is 0.133 e. The van der Waals surface area contributed by atoms with Crippen molar-refractivity contribution in [3.8, 4) is 5.75 Å². The molecular weight excluding hydrogens is 316 g/mol. The molecule has 1 aromatic heterocycles. The highest BCUT2D eigenvalue weighted by atomic mass is 79.9. The van der Waals surface area contributed by atoms with Crippen molar-refractivity contribution in [2.24, 2.45) is 0 Å². The lowest BCUT2D eigenvalue weighted by Crippen LogP contribution is -1.97. The molecule has 0 aliphatic carbocycles.